The number of nitrogens with one attached hydrogen (secondary N) is 2. The maximum absolute atomic E-state index is 13.6. The molecule has 1 aliphatic rings. The van der Waals surface area contributed by atoms with Crippen LogP contribution in [0.1, 0.15) is 31.8 Å². The fourth-order valence-corrected chi connectivity index (χ4v) is 7.88. The van der Waals surface area contributed by atoms with Crippen molar-refractivity contribution in [1.29, 1.82) is 0 Å². The van der Waals surface area contributed by atoms with Gasteiger partial charge in [0.1, 0.15) is 23.7 Å². The second-order valence-electron chi connectivity index (χ2n) is 14.3. The van der Waals surface area contributed by atoms with Crippen LogP contribution >= 0.6 is 0 Å². The molecule has 0 bridgehead atoms. The standard InChI is InChI=1S/C33H34F2N6O3.C11H8N4O/c1-39-26-8-5-7-23(33(42)36-19-22-6-4-9-27(43-2)31(22)44-3)28(26)29-30(39)32(38-20-37-29)41-16-14-40(15-17-41)13-12-21-10-11-24(34)25(35)18-21;12-11(16)6-2-1-3-7-9(6)10-8(15-7)4-13-5-14-10/h4-11,18,20H,12-17,19H2,1-3H3,(H,36,42);1-5,15H,(H2,12,16). The minimum absolute atomic E-state index is 0.220. The fourth-order valence-electron chi connectivity index (χ4n) is 7.88. The van der Waals surface area contributed by atoms with Crippen molar-refractivity contribution in [3.63, 3.8) is 0 Å². The lowest BCUT2D eigenvalue weighted by molar-refractivity contribution is 0.0951. The maximum Gasteiger partial charge on any atom is 0.252 e. The van der Waals surface area contributed by atoms with Crippen LogP contribution < -0.4 is 25.4 Å². The number of nitrogens with zero attached hydrogens (tertiary/aromatic N) is 7. The summed E-state index contributed by atoms with van der Waals surface area (Å²) in [7, 11) is 5.13. The number of benzene rings is 4. The number of para-hydroxylation sites is 1. The second kappa shape index (κ2) is 17.0. The molecule has 5 heterocycles. The number of carbonyl (C=O) groups is 2. The summed E-state index contributed by atoms with van der Waals surface area (Å²) in [5, 5.41) is 4.57. The van der Waals surface area contributed by atoms with Gasteiger partial charge in [-0.15, -0.1) is 0 Å². The van der Waals surface area contributed by atoms with E-state index in [2.05, 4.69) is 44.6 Å². The molecule has 0 unspecified atom stereocenters. The number of anilines is 1. The molecular formula is C44H42F2N10O4. The highest BCUT2D eigenvalue weighted by molar-refractivity contribution is 6.18. The Labute approximate surface area is 343 Å². The van der Waals surface area contributed by atoms with Gasteiger partial charge in [0.05, 0.1) is 48.1 Å². The number of piperazine rings is 1. The number of hydrogen-bond acceptors (Lipinski definition) is 10. The Morgan fingerprint density at radius 2 is 1.60 bits per heavy atom. The van der Waals surface area contributed by atoms with Gasteiger partial charge in [-0.05, 0) is 54.4 Å². The molecule has 16 heteroatoms. The van der Waals surface area contributed by atoms with Crippen LogP contribution in [0.2, 0.25) is 0 Å². The topological polar surface area (TPSA) is 169 Å². The first-order valence-corrected chi connectivity index (χ1v) is 19.3. The fraction of sp³-hybridized carbons (Fsp3) is 0.227. The first kappa shape index (κ1) is 39.6. The van der Waals surface area contributed by atoms with E-state index >= 15 is 0 Å². The molecule has 0 radical (unpaired) electrons. The van der Waals surface area contributed by atoms with Crippen molar-refractivity contribution in [2.45, 2.75) is 13.0 Å². The number of halogens is 2. The zero-order valence-corrected chi connectivity index (χ0v) is 33.2. The Morgan fingerprint density at radius 1 is 0.833 bits per heavy atom. The van der Waals surface area contributed by atoms with Crippen molar-refractivity contribution in [2.24, 2.45) is 12.8 Å². The van der Waals surface area contributed by atoms with E-state index < -0.39 is 17.5 Å². The molecule has 306 valence electrons. The van der Waals surface area contributed by atoms with Crippen LogP contribution in [-0.2, 0) is 20.0 Å². The van der Waals surface area contributed by atoms with Crippen molar-refractivity contribution in [3.8, 4) is 11.5 Å². The zero-order chi connectivity index (χ0) is 41.9. The molecule has 4 aromatic heterocycles. The van der Waals surface area contributed by atoms with Gasteiger partial charge in [0, 0.05) is 68.2 Å². The van der Waals surface area contributed by atoms with Crippen LogP contribution in [0.3, 0.4) is 0 Å². The van der Waals surface area contributed by atoms with Gasteiger partial charge in [-0.2, -0.15) is 0 Å². The predicted molar refractivity (Wildman–Crippen MR) is 225 cm³/mol. The highest BCUT2D eigenvalue weighted by atomic mass is 19.2. The summed E-state index contributed by atoms with van der Waals surface area (Å²) in [5.41, 5.74) is 12.8. The third-order valence-electron chi connectivity index (χ3n) is 10.9. The summed E-state index contributed by atoms with van der Waals surface area (Å²) in [4.78, 5) is 50.0. The number of nitrogens with two attached hydrogens (primary N) is 1. The smallest absolute Gasteiger partial charge is 0.252 e. The number of hydrogen-bond donors (Lipinski definition) is 3. The lowest BCUT2D eigenvalue weighted by Crippen LogP contribution is -2.47. The van der Waals surface area contributed by atoms with Crippen molar-refractivity contribution in [2.75, 3.05) is 51.8 Å². The lowest BCUT2D eigenvalue weighted by Gasteiger charge is -2.35. The van der Waals surface area contributed by atoms with E-state index in [0.29, 0.717) is 29.0 Å². The van der Waals surface area contributed by atoms with Crippen LogP contribution in [0.5, 0.6) is 11.5 Å². The maximum atomic E-state index is 13.6. The molecule has 14 nitrogen and oxygen atoms in total. The molecule has 8 aromatic rings. The number of aromatic amines is 1. The van der Waals surface area contributed by atoms with E-state index in [1.165, 1.54) is 18.5 Å². The minimum atomic E-state index is -0.825. The summed E-state index contributed by atoms with van der Waals surface area (Å²) in [6, 6.07) is 20.7. The van der Waals surface area contributed by atoms with Crippen LogP contribution in [0.15, 0.2) is 91.6 Å². The first-order chi connectivity index (χ1) is 29.2. The summed E-state index contributed by atoms with van der Waals surface area (Å²) >= 11 is 0. The van der Waals surface area contributed by atoms with Crippen LogP contribution in [0, 0.1) is 11.6 Å². The van der Waals surface area contributed by atoms with Crippen molar-refractivity contribution in [1.82, 2.24) is 39.7 Å². The van der Waals surface area contributed by atoms with Crippen molar-refractivity contribution in [3.05, 3.63) is 126 Å². The number of rotatable bonds is 10. The van der Waals surface area contributed by atoms with Gasteiger partial charge in [-0.25, -0.2) is 28.7 Å². The van der Waals surface area contributed by atoms with E-state index in [1.54, 1.807) is 44.9 Å². The minimum Gasteiger partial charge on any atom is -0.493 e. The zero-order valence-electron chi connectivity index (χ0n) is 33.2. The van der Waals surface area contributed by atoms with E-state index in [1.807, 2.05) is 49.5 Å². The number of fused-ring (bicyclic) bond motifs is 6. The number of aryl methyl sites for hydroxylation is 1. The average Bonchev–Trinajstić information content (AvgIpc) is 3.81. The van der Waals surface area contributed by atoms with Gasteiger partial charge in [0.25, 0.3) is 5.91 Å². The largest absolute Gasteiger partial charge is 0.493 e. The Balaban J connectivity index is 0.000000258. The lowest BCUT2D eigenvalue weighted by atomic mass is 10.1. The molecule has 60 heavy (non-hydrogen) atoms. The van der Waals surface area contributed by atoms with E-state index in [9.17, 15) is 18.4 Å². The quantitative estimate of drug-likeness (QED) is 0.151. The van der Waals surface area contributed by atoms with Gasteiger partial charge in [-0.3, -0.25) is 14.5 Å². The van der Waals surface area contributed by atoms with Gasteiger partial charge >= 0.3 is 0 Å². The SMILES string of the molecule is COc1cccc(CNC(=O)c2cccc3c2c2ncnc(N4CCN(CCc5ccc(F)c(F)c5)CC4)c2n3C)c1OC.NC(=O)c1cccc2[nH]c3cncnc3c12. The molecule has 0 saturated carbocycles. The number of primary amides is 1. The average molecular weight is 813 g/mol. The third kappa shape index (κ3) is 7.59. The van der Waals surface area contributed by atoms with E-state index in [4.69, 9.17) is 15.2 Å². The summed E-state index contributed by atoms with van der Waals surface area (Å²) in [6.07, 6.45) is 5.33. The number of H-pyrrole nitrogens is 1. The van der Waals surface area contributed by atoms with Crippen LogP contribution in [0.25, 0.3) is 43.9 Å². The molecule has 0 atom stereocenters. The van der Waals surface area contributed by atoms with E-state index in [-0.39, 0.29) is 12.5 Å². The number of aromatic nitrogens is 6. The molecule has 0 aliphatic carbocycles. The van der Waals surface area contributed by atoms with Crippen LogP contribution in [0.4, 0.5) is 14.6 Å². The van der Waals surface area contributed by atoms with Crippen molar-refractivity contribution >= 4 is 61.5 Å². The monoisotopic (exact) mass is 812 g/mol. The van der Waals surface area contributed by atoms with Gasteiger partial charge in [0.15, 0.2) is 29.0 Å². The first-order valence-electron chi connectivity index (χ1n) is 19.3. The summed E-state index contributed by atoms with van der Waals surface area (Å²) in [6.45, 7) is 4.14. The number of ether oxygens (including phenoxy) is 2. The Kier molecular flexibility index (Phi) is 11.2. The molecule has 1 fully saturated rings. The van der Waals surface area contributed by atoms with Gasteiger partial charge in [0.2, 0.25) is 5.91 Å². The Morgan fingerprint density at radius 3 is 2.37 bits per heavy atom. The van der Waals surface area contributed by atoms with Gasteiger partial charge in [-0.1, -0.05) is 30.3 Å². The summed E-state index contributed by atoms with van der Waals surface area (Å²) in [5.74, 6) is -0.306. The molecule has 2 amide bonds. The number of methoxy groups -OCH3 is 2. The molecule has 1 saturated heterocycles. The highest BCUT2D eigenvalue weighted by Gasteiger charge is 2.25. The number of carbonyl (C=O) groups excluding carboxylic acids is 2. The van der Waals surface area contributed by atoms with Crippen molar-refractivity contribution < 1.29 is 27.8 Å². The highest BCUT2D eigenvalue weighted by Crippen LogP contribution is 2.35. The predicted octanol–water partition coefficient (Wildman–Crippen LogP) is 5.92. The molecule has 0 spiro atoms. The molecule has 4 aromatic carbocycles. The third-order valence-corrected chi connectivity index (χ3v) is 10.9. The van der Waals surface area contributed by atoms with Gasteiger partial charge < -0.3 is 35.0 Å². The molecule has 4 N–H and O–H groups in total. The molecular weight excluding hydrogens is 771 g/mol. The second-order valence-corrected chi connectivity index (χ2v) is 14.3. The van der Waals surface area contributed by atoms with Crippen LogP contribution in [-0.4, -0.2) is 93.1 Å². The Bertz CT molecular complexity index is 2890. The number of amides is 2. The Hall–Kier alpha value is -7.20. The van der Waals surface area contributed by atoms with E-state index in [0.717, 1.165) is 93.5 Å². The summed E-state index contributed by atoms with van der Waals surface area (Å²) < 4.78 is 39.9. The molecule has 1 aliphatic heterocycles. The molecule has 9 rings (SSSR count). The normalized spacial score (nSPS) is 13.1.